The molecule has 5 nitrogen and oxygen atoms in total. The van der Waals surface area contributed by atoms with Crippen LogP contribution in [0.1, 0.15) is 11.5 Å². The van der Waals surface area contributed by atoms with Crippen molar-refractivity contribution in [2.24, 2.45) is 0 Å². The highest BCUT2D eigenvalue weighted by Crippen LogP contribution is 2.19. The van der Waals surface area contributed by atoms with E-state index >= 15 is 0 Å². The van der Waals surface area contributed by atoms with Crippen molar-refractivity contribution in [3.05, 3.63) is 65.2 Å². The lowest BCUT2D eigenvalue weighted by molar-refractivity contribution is 0.517. The van der Waals surface area contributed by atoms with Gasteiger partial charge >= 0.3 is 0 Å². The zero-order valence-electron chi connectivity index (χ0n) is 12.0. The fourth-order valence-corrected chi connectivity index (χ4v) is 2.10. The van der Waals surface area contributed by atoms with Crippen LogP contribution >= 0.6 is 11.6 Å². The lowest BCUT2D eigenvalue weighted by Gasteiger charge is -2.09. The second-order valence-electron chi connectivity index (χ2n) is 4.78. The second-order valence-corrected chi connectivity index (χ2v) is 5.22. The fraction of sp³-hybridized carbons (Fsp3) is 0.125. The maximum absolute atomic E-state index is 5.88. The summed E-state index contributed by atoms with van der Waals surface area (Å²) in [4.78, 5) is 8.81. The van der Waals surface area contributed by atoms with Gasteiger partial charge in [0.2, 0.25) is 5.95 Å². The molecule has 6 heteroatoms. The minimum Gasteiger partial charge on any atom is -0.467 e. The topological polar surface area (TPSA) is 63.0 Å². The molecule has 0 saturated carbocycles. The van der Waals surface area contributed by atoms with Gasteiger partial charge in [0.25, 0.3) is 0 Å². The highest BCUT2D eigenvalue weighted by atomic mass is 35.5. The molecule has 2 N–H and O–H groups in total. The molecule has 2 heterocycles. The highest BCUT2D eigenvalue weighted by molar-refractivity contribution is 6.30. The number of hydrogen-bond donors (Lipinski definition) is 2. The summed E-state index contributed by atoms with van der Waals surface area (Å²) in [5.41, 5.74) is 1.79. The van der Waals surface area contributed by atoms with Crippen molar-refractivity contribution in [1.29, 1.82) is 0 Å². The standard InChI is InChI=1S/C16H15ClN4O/c1-11-9-15(20-13-6-4-12(17)5-7-13)21-16(19-11)18-10-14-3-2-8-22-14/h2-9H,10H2,1H3,(H2,18,19,20,21). The molecule has 0 unspecified atom stereocenters. The van der Waals surface area contributed by atoms with Crippen LogP contribution in [0.3, 0.4) is 0 Å². The van der Waals surface area contributed by atoms with E-state index in [9.17, 15) is 0 Å². The number of aromatic nitrogens is 2. The van der Waals surface area contributed by atoms with Crippen LogP contribution in [0.25, 0.3) is 0 Å². The number of aryl methyl sites for hydroxylation is 1. The summed E-state index contributed by atoms with van der Waals surface area (Å²) in [6.45, 7) is 2.46. The van der Waals surface area contributed by atoms with Gasteiger partial charge in [-0.15, -0.1) is 0 Å². The Morgan fingerprint density at radius 1 is 1.14 bits per heavy atom. The zero-order chi connectivity index (χ0) is 15.4. The van der Waals surface area contributed by atoms with Crippen molar-refractivity contribution < 1.29 is 4.42 Å². The van der Waals surface area contributed by atoms with E-state index < -0.39 is 0 Å². The van der Waals surface area contributed by atoms with E-state index in [0.29, 0.717) is 17.5 Å². The van der Waals surface area contributed by atoms with Crippen molar-refractivity contribution in [3.63, 3.8) is 0 Å². The predicted molar refractivity (Wildman–Crippen MR) is 87.5 cm³/mol. The minimum atomic E-state index is 0.539. The Balaban J connectivity index is 1.73. The Bertz CT molecular complexity index is 741. The zero-order valence-corrected chi connectivity index (χ0v) is 12.8. The molecule has 0 atom stereocenters. The summed E-state index contributed by atoms with van der Waals surface area (Å²) in [5.74, 6) is 2.10. The Labute approximate surface area is 133 Å². The number of nitrogens with zero attached hydrogens (tertiary/aromatic N) is 2. The molecular weight excluding hydrogens is 300 g/mol. The number of rotatable bonds is 5. The summed E-state index contributed by atoms with van der Waals surface area (Å²) in [6.07, 6.45) is 1.64. The lowest BCUT2D eigenvalue weighted by atomic mass is 10.3. The van der Waals surface area contributed by atoms with Crippen LogP contribution in [0, 0.1) is 6.92 Å². The maximum Gasteiger partial charge on any atom is 0.225 e. The molecule has 2 aromatic heterocycles. The van der Waals surface area contributed by atoms with E-state index in [1.54, 1.807) is 6.26 Å². The van der Waals surface area contributed by atoms with Gasteiger partial charge < -0.3 is 15.1 Å². The fourth-order valence-electron chi connectivity index (χ4n) is 1.97. The summed E-state index contributed by atoms with van der Waals surface area (Å²) in [5, 5.41) is 7.08. The Kier molecular flexibility index (Phi) is 4.25. The highest BCUT2D eigenvalue weighted by Gasteiger charge is 2.04. The summed E-state index contributed by atoms with van der Waals surface area (Å²) in [6, 6.07) is 13.1. The van der Waals surface area contributed by atoms with Crippen LogP contribution in [0.5, 0.6) is 0 Å². The molecule has 0 aliphatic carbocycles. The van der Waals surface area contributed by atoms with Gasteiger partial charge in [-0.2, -0.15) is 4.98 Å². The molecule has 3 aromatic rings. The smallest absolute Gasteiger partial charge is 0.225 e. The first-order chi connectivity index (χ1) is 10.7. The van der Waals surface area contributed by atoms with E-state index in [1.807, 2.05) is 49.4 Å². The number of halogens is 1. The van der Waals surface area contributed by atoms with Crippen LogP contribution in [0.4, 0.5) is 17.5 Å². The molecule has 0 aliphatic rings. The predicted octanol–water partition coefficient (Wildman–Crippen LogP) is 4.39. The first-order valence-corrected chi connectivity index (χ1v) is 7.21. The summed E-state index contributed by atoms with van der Waals surface area (Å²) >= 11 is 5.88. The van der Waals surface area contributed by atoms with Crippen molar-refractivity contribution in [3.8, 4) is 0 Å². The summed E-state index contributed by atoms with van der Waals surface area (Å²) < 4.78 is 5.28. The Morgan fingerprint density at radius 3 is 2.68 bits per heavy atom. The van der Waals surface area contributed by atoms with Crippen molar-refractivity contribution >= 4 is 29.1 Å². The SMILES string of the molecule is Cc1cc(Nc2ccc(Cl)cc2)nc(NCc2ccco2)n1. The van der Waals surface area contributed by atoms with E-state index in [1.165, 1.54) is 0 Å². The Morgan fingerprint density at radius 2 is 1.95 bits per heavy atom. The van der Waals surface area contributed by atoms with Gasteiger partial charge in [-0.1, -0.05) is 11.6 Å². The van der Waals surface area contributed by atoms with Gasteiger partial charge in [0, 0.05) is 22.5 Å². The lowest BCUT2D eigenvalue weighted by Crippen LogP contribution is -2.05. The van der Waals surface area contributed by atoms with Gasteiger partial charge in [-0.05, 0) is 43.3 Å². The molecule has 112 valence electrons. The van der Waals surface area contributed by atoms with Gasteiger partial charge in [0.05, 0.1) is 12.8 Å². The number of nitrogens with one attached hydrogen (secondary N) is 2. The molecule has 0 bridgehead atoms. The molecular formula is C16H15ClN4O. The summed E-state index contributed by atoms with van der Waals surface area (Å²) in [7, 11) is 0. The molecule has 1 aromatic carbocycles. The first-order valence-electron chi connectivity index (χ1n) is 6.83. The molecule has 0 saturated heterocycles. The van der Waals surface area contributed by atoms with Crippen molar-refractivity contribution in [1.82, 2.24) is 9.97 Å². The van der Waals surface area contributed by atoms with Crippen molar-refractivity contribution in [2.45, 2.75) is 13.5 Å². The van der Waals surface area contributed by atoms with Gasteiger partial charge in [-0.3, -0.25) is 0 Å². The van der Waals surface area contributed by atoms with Gasteiger partial charge in [0.15, 0.2) is 0 Å². The molecule has 0 fully saturated rings. The third kappa shape index (κ3) is 3.77. The van der Waals surface area contributed by atoms with E-state index in [4.69, 9.17) is 16.0 Å². The van der Waals surface area contributed by atoms with Crippen LogP contribution in [-0.2, 0) is 6.54 Å². The van der Waals surface area contributed by atoms with E-state index in [0.717, 1.165) is 23.0 Å². The molecule has 22 heavy (non-hydrogen) atoms. The third-order valence-electron chi connectivity index (χ3n) is 2.97. The van der Waals surface area contributed by atoms with E-state index in [-0.39, 0.29) is 0 Å². The average molecular weight is 315 g/mol. The van der Waals surface area contributed by atoms with Gasteiger partial charge in [0.1, 0.15) is 11.6 Å². The van der Waals surface area contributed by atoms with E-state index in [2.05, 4.69) is 20.6 Å². The monoisotopic (exact) mass is 314 g/mol. The third-order valence-corrected chi connectivity index (χ3v) is 3.22. The molecule has 0 amide bonds. The quantitative estimate of drug-likeness (QED) is 0.731. The number of hydrogen-bond acceptors (Lipinski definition) is 5. The van der Waals surface area contributed by atoms with Crippen LogP contribution < -0.4 is 10.6 Å². The van der Waals surface area contributed by atoms with Gasteiger partial charge in [-0.25, -0.2) is 4.98 Å². The molecule has 0 spiro atoms. The van der Waals surface area contributed by atoms with Crippen LogP contribution in [-0.4, -0.2) is 9.97 Å². The Hall–Kier alpha value is -2.53. The van der Waals surface area contributed by atoms with Crippen LogP contribution in [0.15, 0.2) is 53.1 Å². The molecule has 0 aliphatic heterocycles. The largest absolute Gasteiger partial charge is 0.467 e. The maximum atomic E-state index is 5.88. The van der Waals surface area contributed by atoms with Crippen LogP contribution in [0.2, 0.25) is 5.02 Å². The molecule has 3 rings (SSSR count). The minimum absolute atomic E-state index is 0.539. The first kappa shape index (κ1) is 14.4. The number of furan rings is 1. The number of benzene rings is 1. The number of anilines is 3. The molecule has 0 radical (unpaired) electrons. The normalized spacial score (nSPS) is 10.5. The average Bonchev–Trinajstić information content (AvgIpc) is 3.00. The van der Waals surface area contributed by atoms with Crippen molar-refractivity contribution in [2.75, 3.05) is 10.6 Å². The second kappa shape index (κ2) is 6.49.